The lowest BCUT2D eigenvalue weighted by Crippen LogP contribution is -2.30. The highest BCUT2D eigenvalue weighted by Gasteiger charge is 2.19. The summed E-state index contributed by atoms with van der Waals surface area (Å²) in [6.45, 7) is 6.59. The molecule has 0 N–H and O–H groups in total. The predicted molar refractivity (Wildman–Crippen MR) is 339 cm³/mol. The number of ether oxygens (including phenoxy) is 3. The molecule has 1 unspecified atom stereocenters. The molecule has 0 aliphatic heterocycles. The van der Waals surface area contributed by atoms with Crippen LogP contribution in [0.5, 0.6) is 0 Å². The molecule has 0 spiro atoms. The Balaban J connectivity index is 4.29. The fourth-order valence-electron chi connectivity index (χ4n) is 10.4. The first-order valence-electron chi connectivity index (χ1n) is 34.6. The third-order valence-corrected chi connectivity index (χ3v) is 15.6. The zero-order valence-electron chi connectivity index (χ0n) is 52.5. The predicted octanol–water partition coefficient (Wildman–Crippen LogP) is 23.7. The lowest BCUT2D eigenvalue weighted by Gasteiger charge is -2.18. The molecule has 0 fully saturated rings. The molecule has 6 heteroatoms. The maximum absolute atomic E-state index is 12.9. The minimum absolute atomic E-state index is 0.0719. The molecule has 0 saturated carbocycles. The van der Waals surface area contributed by atoms with Crippen molar-refractivity contribution in [1.82, 2.24) is 0 Å². The summed E-state index contributed by atoms with van der Waals surface area (Å²) in [5, 5.41) is 0. The van der Waals surface area contributed by atoms with Crippen molar-refractivity contribution in [3.63, 3.8) is 0 Å². The van der Waals surface area contributed by atoms with Crippen LogP contribution < -0.4 is 0 Å². The van der Waals surface area contributed by atoms with Gasteiger partial charge in [0, 0.05) is 19.3 Å². The average Bonchev–Trinajstić information content (AvgIpc) is 3.44. The minimum atomic E-state index is -0.776. The number of unbranched alkanes of at least 4 members (excludes halogenated alkanes) is 45. The highest BCUT2D eigenvalue weighted by atomic mass is 16.6. The normalized spacial score (nSPS) is 12.3. The van der Waals surface area contributed by atoms with E-state index in [1.165, 1.54) is 250 Å². The second-order valence-electron chi connectivity index (χ2n) is 23.4. The first-order chi connectivity index (χ1) is 38.5. The average molecular weight is 1090 g/mol. The van der Waals surface area contributed by atoms with Crippen molar-refractivity contribution >= 4 is 17.9 Å². The van der Waals surface area contributed by atoms with Crippen LogP contribution in [-0.4, -0.2) is 37.2 Å². The van der Waals surface area contributed by atoms with Crippen molar-refractivity contribution in [3.05, 3.63) is 48.6 Å². The van der Waals surface area contributed by atoms with Crippen LogP contribution >= 0.6 is 0 Å². The van der Waals surface area contributed by atoms with Crippen LogP contribution in [0.4, 0.5) is 0 Å². The third kappa shape index (κ3) is 64.2. The van der Waals surface area contributed by atoms with Gasteiger partial charge in [-0.05, 0) is 77.0 Å². The van der Waals surface area contributed by atoms with Gasteiger partial charge in [0.25, 0.3) is 0 Å². The summed E-state index contributed by atoms with van der Waals surface area (Å²) >= 11 is 0. The summed E-state index contributed by atoms with van der Waals surface area (Å²) in [6, 6.07) is 0. The first-order valence-corrected chi connectivity index (χ1v) is 34.6. The number of allylic oxidation sites excluding steroid dienone is 8. The quantitative estimate of drug-likeness (QED) is 0.0261. The Hall–Kier alpha value is -2.63. The highest BCUT2D eigenvalue weighted by molar-refractivity contribution is 5.71. The minimum Gasteiger partial charge on any atom is -0.462 e. The van der Waals surface area contributed by atoms with E-state index in [1.807, 2.05) is 0 Å². The van der Waals surface area contributed by atoms with Crippen molar-refractivity contribution in [2.45, 2.75) is 380 Å². The number of hydrogen-bond donors (Lipinski definition) is 0. The van der Waals surface area contributed by atoms with Crippen molar-refractivity contribution in [2.24, 2.45) is 0 Å². The van der Waals surface area contributed by atoms with E-state index in [0.717, 1.165) is 83.5 Å². The van der Waals surface area contributed by atoms with Crippen LogP contribution in [0.1, 0.15) is 374 Å². The number of carbonyl (C=O) groups is 3. The van der Waals surface area contributed by atoms with Crippen molar-refractivity contribution in [1.29, 1.82) is 0 Å². The van der Waals surface area contributed by atoms with Gasteiger partial charge in [-0.2, -0.15) is 0 Å². The van der Waals surface area contributed by atoms with Gasteiger partial charge < -0.3 is 14.2 Å². The second kappa shape index (κ2) is 66.9. The maximum Gasteiger partial charge on any atom is 0.306 e. The molecule has 0 aliphatic rings. The molecule has 0 heterocycles. The molecule has 456 valence electrons. The Labute approximate surface area is 486 Å². The van der Waals surface area contributed by atoms with Gasteiger partial charge >= 0.3 is 17.9 Å². The number of esters is 3. The largest absolute Gasteiger partial charge is 0.462 e. The van der Waals surface area contributed by atoms with Crippen LogP contribution in [-0.2, 0) is 28.6 Å². The van der Waals surface area contributed by atoms with E-state index < -0.39 is 6.10 Å². The van der Waals surface area contributed by atoms with Crippen molar-refractivity contribution in [2.75, 3.05) is 13.2 Å². The lowest BCUT2D eigenvalue weighted by molar-refractivity contribution is -0.167. The molecule has 0 saturated heterocycles. The molecular formula is C72H132O6. The molecule has 0 aliphatic carbocycles. The summed E-state index contributed by atoms with van der Waals surface area (Å²) in [5.41, 5.74) is 0. The Bertz CT molecular complexity index is 1350. The molecule has 0 aromatic rings. The van der Waals surface area contributed by atoms with E-state index in [2.05, 4.69) is 69.4 Å². The lowest BCUT2D eigenvalue weighted by atomic mass is 10.0. The molecule has 0 bridgehead atoms. The Morgan fingerprint density at radius 1 is 0.269 bits per heavy atom. The van der Waals surface area contributed by atoms with Crippen LogP contribution in [0.2, 0.25) is 0 Å². The van der Waals surface area contributed by atoms with Gasteiger partial charge in [0.2, 0.25) is 0 Å². The summed E-state index contributed by atoms with van der Waals surface area (Å²) in [7, 11) is 0. The molecule has 0 aromatic heterocycles. The van der Waals surface area contributed by atoms with Gasteiger partial charge in [-0.25, -0.2) is 0 Å². The highest BCUT2D eigenvalue weighted by Crippen LogP contribution is 2.18. The molecule has 0 aromatic carbocycles. The summed E-state index contributed by atoms with van der Waals surface area (Å²) in [6.07, 6.45) is 84.2. The first kappa shape index (κ1) is 75.4. The molecular weight excluding hydrogens is 961 g/mol. The van der Waals surface area contributed by atoms with Crippen LogP contribution in [0.3, 0.4) is 0 Å². The fraction of sp³-hybridized carbons (Fsp3) is 0.847. The topological polar surface area (TPSA) is 78.9 Å². The summed E-state index contributed by atoms with van der Waals surface area (Å²) in [4.78, 5) is 38.4. The number of hydrogen-bond acceptors (Lipinski definition) is 6. The van der Waals surface area contributed by atoms with E-state index in [4.69, 9.17) is 14.2 Å². The summed E-state index contributed by atoms with van der Waals surface area (Å²) < 4.78 is 17.0. The van der Waals surface area contributed by atoms with Crippen molar-refractivity contribution < 1.29 is 28.6 Å². The number of rotatable bonds is 64. The number of carbonyl (C=O) groups excluding carboxylic acids is 3. The third-order valence-electron chi connectivity index (χ3n) is 15.6. The Kier molecular flexibility index (Phi) is 64.6. The van der Waals surface area contributed by atoms with Gasteiger partial charge in [-0.1, -0.05) is 326 Å². The summed E-state index contributed by atoms with van der Waals surface area (Å²) in [5.74, 6) is -0.855. The monoisotopic (exact) mass is 1090 g/mol. The van der Waals surface area contributed by atoms with Crippen molar-refractivity contribution in [3.8, 4) is 0 Å². The zero-order chi connectivity index (χ0) is 56.4. The zero-order valence-corrected chi connectivity index (χ0v) is 52.5. The van der Waals surface area contributed by atoms with Gasteiger partial charge in [0.05, 0.1) is 0 Å². The fourth-order valence-corrected chi connectivity index (χ4v) is 10.4. The van der Waals surface area contributed by atoms with Crippen LogP contribution in [0.15, 0.2) is 48.6 Å². The van der Waals surface area contributed by atoms with Crippen LogP contribution in [0, 0.1) is 0 Å². The van der Waals surface area contributed by atoms with E-state index in [1.54, 1.807) is 0 Å². The second-order valence-corrected chi connectivity index (χ2v) is 23.4. The SMILES string of the molecule is CC/C=C\C/C=C\C/C=C\CCCCCCCCCC(=O)OCC(COC(=O)CCCCCCCCCCCCCCC/C=C\CCCCCCCCCC)OC(=O)CCCCCCCCCCCCCCCCCCCC. The van der Waals surface area contributed by atoms with E-state index >= 15 is 0 Å². The maximum atomic E-state index is 12.9. The Morgan fingerprint density at radius 2 is 0.500 bits per heavy atom. The van der Waals surface area contributed by atoms with Gasteiger partial charge in [0.1, 0.15) is 13.2 Å². The molecule has 0 rings (SSSR count). The van der Waals surface area contributed by atoms with E-state index in [9.17, 15) is 14.4 Å². The van der Waals surface area contributed by atoms with Gasteiger partial charge in [-0.15, -0.1) is 0 Å². The molecule has 0 amide bonds. The molecule has 6 nitrogen and oxygen atoms in total. The van der Waals surface area contributed by atoms with E-state index in [-0.39, 0.29) is 31.1 Å². The molecule has 0 radical (unpaired) electrons. The van der Waals surface area contributed by atoms with Crippen LogP contribution in [0.25, 0.3) is 0 Å². The standard InChI is InChI=1S/C72H132O6/c1-4-7-10-13-16-19-22-25-28-31-33-34-35-36-37-38-39-42-44-47-50-53-56-59-62-65-71(74)77-68-69(67-76-70(73)64-61-58-55-52-49-46-43-40-30-27-24-21-18-15-12-9-6-3)78-72(75)66-63-60-57-54-51-48-45-41-32-29-26-23-20-17-14-11-8-5-2/h9,12,18,21,27,30-31,33,69H,4-8,10-11,13-17,19-20,22-26,28-29,32,34-68H2,1-3H3/b12-9-,21-18-,30-27-,33-31-. The van der Waals surface area contributed by atoms with Gasteiger partial charge in [-0.3, -0.25) is 14.4 Å². The smallest absolute Gasteiger partial charge is 0.306 e. The molecule has 78 heavy (non-hydrogen) atoms. The molecule has 1 atom stereocenters. The Morgan fingerprint density at radius 3 is 0.795 bits per heavy atom. The van der Waals surface area contributed by atoms with Gasteiger partial charge in [0.15, 0.2) is 6.10 Å². The van der Waals surface area contributed by atoms with E-state index in [0.29, 0.717) is 19.3 Å².